The third kappa shape index (κ3) is 5.34. The molecule has 0 amide bonds. The lowest BCUT2D eigenvalue weighted by atomic mass is 10.0. The van der Waals surface area contributed by atoms with Gasteiger partial charge in [-0.2, -0.15) is 10.2 Å². The maximum atomic E-state index is 12.3. The lowest BCUT2D eigenvalue weighted by molar-refractivity contribution is -0.137. The predicted molar refractivity (Wildman–Crippen MR) is 126 cm³/mol. The van der Waals surface area contributed by atoms with Gasteiger partial charge < -0.3 is 14.0 Å². The first-order valence-corrected chi connectivity index (χ1v) is 12.6. The second-order valence-corrected chi connectivity index (χ2v) is 10.1. The van der Waals surface area contributed by atoms with E-state index in [1.165, 1.54) is 0 Å². The predicted octanol–water partition coefficient (Wildman–Crippen LogP) is 3.14. The minimum absolute atomic E-state index is 0.0723. The van der Waals surface area contributed by atoms with E-state index in [4.69, 9.17) is 9.26 Å². The van der Waals surface area contributed by atoms with E-state index in [2.05, 4.69) is 25.7 Å². The summed E-state index contributed by atoms with van der Waals surface area (Å²) in [4.78, 5) is 15.9. The number of nitriles is 1. The van der Waals surface area contributed by atoms with Crippen LogP contribution in [0.1, 0.15) is 43.0 Å². The summed E-state index contributed by atoms with van der Waals surface area (Å²) in [5.74, 6) is -0.483. The fourth-order valence-corrected chi connectivity index (χ4v) is 5.21. The van der Waals surface area contributed by atoms with Gasteiger partial charge in [0.2, 0.25) is 15.8 Å². The standard InChI is InChI=1S/C24H24N4O6S/c1-14(2)33-21-10-7-15(11-16(21)12-25)24-26-23(27-34-24)19-6-4-5-18-17(19)8-9-20(18)28-35(30,31)13-22(29)32-3/h4-7,10-11,14,20,28H,8-9,13H2,1-3H3. The van der Waals surface area contributed by atoms with E-state index in [1.807, 2.05) is 26.0 Å². The number of esters is 1. The SMILES string of the molecule is COC(=O)CS(=O)(=O)NC1CCc2c(-c3noc(-c4ccc(OC(C)C)c(C#N)c4)n3)cccc21. The normalized spacial score (nSPS) is 15.0. The molecule has 2 aromatic carbocycles. The van der Waals surface area contributed by atoms with Gasteiger partial charge >= 0.3 is 5.97 Å². The Balaban J connectivity index is 1.60. The van der Waals surface area contributed by atoms with Crippen LogP contribution in [0.5, 0.6) is 5.75 Å². The van der Waals surface area contributed by atoms with Crippen LogP contribution in [-0.4, -0.2) is 43.5 Å². The van der Waals surface area contributed by atoms with E-state index in [9.17, 15) is 18.5 Å². The van der Waals surface area contributed by atoms with E-state index < -0.39 is 27.8 Å². The van der Waals surface area contributed by atoms with Gasteiger partial charge in [-0.25, -0.2) is 13.1 Å². The van der Waals surface area contributed by atoms with Crippen LogP contribution >= 0.6 is 0 Å². The fourth-order valence-electron chi connectivity index (χ4n) is 4.02. The van der Waals surface area contributed by atoms with Crippen molar-refractivity contribution in [3.63, 3.8) is 0 Å². The Kier molecular flexibility index (Phi) is 6.86. The van der Waals surface area contributed by atoms with E-state index in [0.29, 0.717) is 35.5 Å². The molecule has 0 spiro atoms. The monoisotopic (exact) mass is 496 g/mol. The van der Waals surface area contributed by atoms with E-state index >= 15 is 0 Å². The number of hydrogen-bond acceptors (Lipinski definition) is 9. The lowest BCUT2D eigenvalue weighted by Gasteiger charge is -2.14. The van der Waals surface area contributed by atoms with Gasteiger partial charge in [-0.05, 0) is 56.0 Å². The second-order valence-electron chi connectivity index (χ2n) is 8.33. The Morgan fingerprint density at radius 3 is 2.83 bits per heavy atom. The Bertz CT molecular complexity index is 1410. The quantitative estimate of drug-likeness (QED) is 0.465. The Hall–Kier alpha value is -3.75. The van der Waals surface area contributed by atoms with Crippen molar-refractivity contribution < 1.29 is 27.2 Å². The highest BCUT2D eigenvalue weighted by molar-refractivity contribution is 7.90. The van der Waals surface area contributed by atoms with Crippen LogP contribution in [0, 0.1) is 11.3 Å². The average Bonchev–Trinajstić information content (AvgIpc) is 3.46. The Morgan fingerprint density at radius 2 is 2.11 bits per heavy atom. The number of sulfonamides is 1. The second kappa shape index (κ2) is 9.85. The Labute approximate surface area is 202 Å². The summed E-state index contributed by atoms with van der Waals surface area (Å²) in [7, 11) is -2.72. The number of nitrogens with zero attached hydrogens (tertiary/aromatic N) is 3. The molecule has 0 saturated carbocycles. The first-order chi connectivity index (χ1) is 16.7. The average molecular weight is 497 g/mol. The van der Waals surface area contributed by atoms with Gasteiger partial charge in [-0.1, -0.05) is 23.4 Å². The number of methoxy groups -OCH3 is 1. The number of carbonyl (C=O) groups is 1. The van der Waals surface area contributed by atoms with Gasteiger partial charge in [0.1, 0.15) is 11.8 Å². The van der Waals surface area contributed by atoms with Crippen molar-refractivity contribution >= 4 is 16.0 Å². The molecular weight excluding hydrogens is 472 g/mol. The molecule has 1 N–H and O–H groups in total. The number of rotatable bonds is 8. The van der Waals surface area contributed by atoms with E-state index in [0.717, 1.165) is 23.8 Å². The van der Waals surface area contributed by atoms with Crippen LogP contribution in [-0.2, 0) is 26.0 Å². The molecule has 1 atom stereocenters. The molecule has 10 nitrogen and oxygen atoms in total. The maximum absolute atomic E-state index is 12.3. The van der Waals surface area contributed by atoms with Crippen molar-refractivity contribution in [3.8, 4) is 34.7 Å². The van der Waals surface area contributed by atoms with Crippen molar-refractivity contribution in [1.82, 2.24) is 14.9 Å². The smallest absolute Gasteiger partial charge is 0.322 e. The van der Waals surface area contributed by atoms with Crippen LogP contribution < -0.4 is 9.46 Å². The van der Waals surface area contributed by atoms with Crippen LogP contribution in [0.3, 0.4) is 0 Å². The molecular formula is C24H24N4O6S. The summed E-state index contributed by atoms with van der Waals surface area (Å²) in [6, 6.07) is 12.2. The lowest BCUT2D eigenvalue weighted by Crippen LogP contribution is -2.33. The van der Waals surface area contributed by atoms with E-state index in [-0.39, 0.29) is 12.0 Å². The molecule has 0 radical (unpaired) electrons. The van der Waals surface area contributed by atoms with Crippen molar-refractivity contribution in [2.24, 2.45) is 0 Å². The maximum Gasteiger partial charge on any atom is 0.322 e. The molecule has 1 heterocycles. The molecule has 3 aromatic rings. The number of ether oxygens (including phenoxy) is 2. The molecule has 1 aliphatic rings. The van der Waals surface area contributed by atoms with Gasteiger partial charge in [0, 0.05) is 17.2 Å². The zero-order valence-corrected chi connectivity index (χ0v) is 20.3. The van der Waals surface area contributed by atoms with Gasteiger partial charge in [0.25, 0.3) is 5.89 Å². The first kappa shape index (κ1) is 24.4. The molecule has 0 saturated heterocycles. The summed E-state index contributed by atoms with van der Waals surface area (Å²) >= 11 is 0. The molecule has 0 bridgehead atoms. The summed E-state index contributed by atoms with van der Waals surface area (Å²) in [5.41, 5.74) is 3.37. The fraction of sp³-hybridized carbons (Fsp3) is 0.333. The summed E-state index contributed by atoms with van der Waals surface area (Å²) in [6.07, 6.45) is 1.05. The van der Waals surface area contributed by atoms with Crippen LogP contribution in [0.25, 0.3) is 22.8 Å². The van der Waals surface area contributed by atoms with Crippen LogP contribution in [0.2, 0.25) is 0 Å². The molecule has 0 fully saturated rings. The van der Waals surface area contributed by atoms with Gasteiger partial charge in [0.05, 0.1) is 18.8 Å². The number of hydrogen-bond donors (Lipinski definition) is 1. The number of fused-ring (bicyclic) bond motifs is 1. The highest BCUT2D eigenvalue weighted by Gasteiger charge is 2.30. The number of benzene rings is 2. The molecule has 4 rings (SSSR count). The molecule has 1 aromatic heterocycles. The van der Waals surface area contributed by atoms with Crippen LogP contribution in [0.4, 0.5) is 0 Å². The zero-order chi connectivity index (χ0) is 25.2. The molecule has 1 unspecified atom stereocenters. The first-order valence-electron chi connectivity index (χ1n) is 10.9. The van der Waals surface area contributed by atoms with Gasteiger partial charge in [-0.3, -0.25) is 4.79 Å². The molecule has 0 aliphatic heterocycles. The van der Waals surface area contributed by atoms with Crippen molar-refractivity contribution in [1.29, 1.82) is 5.26 Å². The highest BCUT2D eigenvalue weighted by Crippen LogP contribution is 2.38. The molecule has 182 valence electrons. The summed E-state index contributed by atoms with van der Waals surface area (Å²) < 4.78 is 42.8. The third-order valence-electron chi connectivity index (χ3n) is 5.50. The van der Waals surface area contributed by atoms with Crippen LogP contribution in [0.15, 0.2) is 40.9 Å². The Morgan fingerprint density at radius 1 is 1.31 bits per heavy atom. The molecule has 1 aliphatic carbocycles. The van der Waals surface area contributed by atoms with Gasteiger partial charge in [-0.15, -0.1) is 0 Å². The summed E-state index contributed by atoms with van der Waals surface area (Å²) in [5, 5.41) is 13.6. The van der Waals surface area contributed by atoms with Gasteiger partial charge in [0.15, 0.2) is 5.75 Å². The molecule has 35 heavy (non-hydrogen) atoms. The van der Waals surface area contributed by atoms with Crippen molar-refractivity contribution in [3.05, 3.63) is 53.1 Å². The van der Waals surface area contributed by atoms with Crippen molar-refractivity contribution in [2.45, 2.75) is 38.8 Å². The topological polar surface area (TPSA) is 144 Å². The summed E-state index contributed by atoms with van der Waals surface area (Å²) in [6.45, 7) is 3.76. The zero-order valence-electron chi connectivity index (χ0n) is 19.4. The minimum Gasteiger partial charge on any atom is -0.490 e. The molecule has 11 heteroatoms. The number of aromatic nitrogens is 2. The largest absolute Gasteiger partial charge is 0.490 e. The van der Waals surface area contributed by atoms with Crippen molar-refractivity contribution in [2.75, 3.05) is 12.9 Å². The highest BCUT2D eigenvalue weighted by atomic mass is 32.2. The van der Waals surface area contributed by atoms with E-state index in [1.54, 1.807) is 24.3 Å². The number of nitrogens with one attached hydrogen (secondary N) is 1. The third-order valence-corrected chi connectivity index (χ3v) is 6.76. The minimum atomic E-state index is -3.86. The number of carbonyl (C=O) groups excluding carboxylic acids is 1.